The molecule has 6 nitrogen and oxygen atoms in total. The minimum atomic E-state index is -0.570. The molecule has 25 heavy (non-hydrogen) atoms. The molecule has 0 bridgehead atoms. The Kier molecular flexibility index (Phi) is 4.61. The van der Waals surface area contributed by atoms with Gasteiger partial charge in [0.15, 0.2) is 0 Å². The van der Waals surface area contributed by atoms with Crippen LogP contribution in [0.2, 0.25) is 5.02 Å². The van der Waals surface area contributed by atoms with Gasteiger partial charge in [-0.15, -0.1) is 0 Å². The molecule has 3 rings (SSSR count). The van der Waals surface area contributed by atoms with E-state index in [1.54, 1.807) is 42.5 Å². The van der Waals surface area contributed by atoms with Crippen molar-refractivity contribution in [1.29, 1.82) is 0 Å². The number of anilines is 2. The van der Waals surface area contributed by atoms with Gasteiger partial charge < -0.3 is 5.32 Å². The van der Waals surface area contributed by atoms with Crippen molar-refractivity contribution in [3.05, 3.63) is 69.8 Å². The molecule has 8 heteroatoms. The molecule has 126 valence electrons. The third kappa shape index (κ3) is 3.42. The van der Waals surface area contributed by atoms with Crippen LogP contribution in [0.3, 0.4) is 0 Å². The predicted molar refractivity (Wildman–Crippen MR) is 98.7 cm³/mol. The maximum absolute atomic E-state index is 12.3. The van der Waals surface area contributed by atoms with Crippen LogP contribution in [0.25, 0.3) is 0 Å². The highest BCUT2D eigenvalue weighted by Gasteiger charge is 2.32. The Morgan fingerprint density at radius 3 is 2.40 bits per heavy atom. The quantitative estimate of drug-likeness (QED) is 0.583. The van der Waals surface area contributed by atoms with Gasteiger partial charge in [-0.1, -0.05) is 18.2 Å². The van der Waals surface area contributed by atoms with Crippen LogP contribution in [0, 0.1) is 0 Å². The normalized spacial score (nSPS) is 13.8. The van der Waals surface area contributed by atoms with Gasteiger partial charge >= 0.3 is 6.03 Å². The molecule has 1 fully saturated rings. The Labute approximate surface area is 156 Å². The van der Waals surface area contributed by atoms with Gasteiger partial charge in [0.25, 0.3) is 11.8 Å². The molecule has 0 spiro atoms. The van der Waals surface area contributed by atoms with E-state index in [4.69, 9.17) is 11.6 Å². The van der Waals surface area contributed by atoms with Crippen LogP contribution in [0.5, 0.6) is 0 Å². The topological polar surface area (TPSA) is 78.5 Å². The zero-order chi connectivity index (χ0) is 18.1. The molecule has 2 aromatic rings. The van der Waals surface area contributed by atoms with Crippen LogP contribution in [0.4, 0.5) is 16.2 Å². The summed E-state index contributed by atoms with van der Waals surface area (Å²) in [5.41, 5.74) is 1.46. The van der Waals surface area contributed by atoms with Crippen molar-refractivity contribution in [2.75, 3.05) is 10.2 Å². The highest BCUT2D eigenvalue weighted by atomic mass is 79.9. The van der Waals surface area contributed by atoms with Gasteiger partial charge in [-0.3, -0.25) is 19.8 Å². The Balaban J connectivity index is 1.82. The first-order valence-corrected chi connectivity index (χ1v) is 8.25. The fraction of sp³-hybridized carbons (Fsp3) is 0. The summed E-state index contributed by atoms with van der Waals surface area (Å²) in [5.74, 6) is -0.843. The number of imide groups is 1. The standard InChI is InChI=1S/C17H11BrClN3O3/c1-9-15(23)21-17(25)22(9)12-6-7-14(13(18)8-12)20-16(24)10-2-4-11(19)5-3-10/h2-8H,1H2,(H,20,24)(H,21,23,25). The van der Waals surface area contributed by atoms with E-state index in [9.17, 15) is 14.4 Å². The number of amides is 4. The van der Waals surface area contributed by atoms with E-state index < -0.39 is 11.9 Å². The van der Waals surface area contributed by atoms with Gasteiger partial charge in [0, 0.05) is 15.1 Å². The van der Waals surface area contributed by atoms with Crippen LogP contribution >= 0.6 is 27.5 Å². The van der Waals surface area contributed by atoms with Crippen LogP contribution in [-0.4, -0.2) is 17.8 Å². The zero-order valence-corrected chi connectivity index (χ0v) is 15.0. The van der Waals surface area contributed by atoms with Gasteiger partial charge in [-0.25, -0.2) is 4.79 Å². The van der Waals surface area contributed by atoms with Gasteiger partial charge in [-0.05, 0) is 58.4 Å². The Morgan fingerprint density at radius 2 is 1.84 bits per heavy atom. The highest BCUT2D eigenvalue weighted by molar-refractivity contribution is 9.10. The first-order valence-electron chi connectivity index (χ1n) is 7.07. The van der Waals surface area contributed by atoms with Crippen molar-refractivity contribution in [2.24, 2.45) is 0 Å². The molecule has 0 atom stereocenters. The smallest absolute Gasteiger partial charge is 0.321 e. The SMILES string of the molecule is C=C1C(=O)NC(=O)N1c1ccc(NC(=O)c2ccc(Cl)cc2)c(Br)c1. The van der Waals surface area contributed by atoms with E-state index in [2.05, 4.69) is 33.1 Å². The first kappa shape index (κ1) is 17.2. The molecule has 1 aliphatic rings. The Bertz CT molecular complexity index is 912. The highest BCUT2D eigenvalue weighted by Crippen LogP contribution is 2.31. The lowest BCUT2D eigenvalue weighted by Gasteiger charge is -2.16. The van der Waals surface area contributed by atoms with Gasteiger partial charge in [0.1, 0.15) is 5.70 Å². The van der Waals surface area contributed by atoms with E-state index in [1.807, 2.05) is 0 Å². The average Bonchev–Trinajstić information content (AvgIpc) is 2.82. The van der Waals surface area contributed by atoms with Crippen LogP contribution in [0.15, 0.2) is 59.2 Å². The van der Waals surface area contributed by atoms with Crippen molar-refractivity contribution in [3.8, 4) is 0 Å². The first-order chi connectivity index (χ1) is 11.9. The lowest BCUT2D eigenvalue weighted by atomic mass is 10.2. The molecular formula is C17H11BrClN3O3. The summed E-state index contributed by atoms with van der Waals surface area (Å²) in [6.45, 7) is 3.59. The van der Waals surface area contributed by atoms with E-state index in [0.717, 1.165) is 4.90 Å². The second-order valence-electron chi connectivity index (χ2n) is 5.17. The maximum atomic E-state index is 12.3. The minimum Gasteiger partial charge on any atom is -0.321 e. The summed E-state index contributed by atoms with van der Waals surface area (Å²) in [6, 6.07) is 10.8. The van der Waals surface area contributed by atoms with Crippen molar-refractivity contribution in [1.82, 2.24) is 5.32 Å². The van der Waals surface area contributed by atoms with Gasteiger partial charge in [0.05, 0.1) is 11.4 Å². The van der Waals surface area contributed by atoms with E-state index in [1.165, 1.54) is 0 Å². The lowest BCUT2D eigenvalue weighted by Crippen LogP contribution is -2.27. The van der Waals surface area contributed by atoms with E-state index in [0.29, 0.717) is 26.4 Å². The number of rotatable bonds is 3. The molecule has 0 saturated carbocycles. The lowest BCUT2D eigenvalue weighted by molar-refractivity contribution is -0.115. The second kappa shape index (κ2) is 6.70. The Hall–Kier alpha value is -2.64. The number of benzene rings is 2. The number of nitrogens with zero attached hydrogens (tertiary/aromatic N) is 1. The van der Waals surface area contributed by atoms with Crippen LogP contribution in [-0.2, 0) is 4.79 Å². The molecule has 0 unspecified atom stereocenters. The monoisotopic (exact) mass is 419 g/mol. The number of urea groups is 1. The van der Waals surface area contributed by atoms with Crippen LogP contribution < -0.4 is 15.5 Å². The number of halogens is 2. The molecule has 1 heterocycles. The molecule has 2 aromatic carbocycles. The number of hydrogen-bond donors (Lipinski definition) is 2. The van der Waals surface area contributed by atoms with Crippen molar-refractivity contribution in [2.45, 2.75) is 0 Å². The summed E-state index contributed by atoms with van der Waals surface area (Å²) in [4.78, 5) is 36.7. The molecule has 0 aliphatic carbocycles. The number of hydrogen-bond acceptors (Lipinski definition) is 3. The van der Waals surface area contributed by atoms with Crippen molar-refractivity contribution >= 4 is 56.8 Å². The fourth-order valence-corrected chi connectivity index (χ4v) is 2.85. The van der Waals surface area contributed by atoms with Gasteiger partial charge in [0.2, 0.25) is 0 Å². The van der Waals surface area contributed by atoms with Crippen LogP contribution in [0.1, 0.15) is 10.4 Å². The largest absolute Gasteiger partial charge is 0.333 e. The molecule has 0 radical (unpaired) electrons. The van der Waals surface area contributed by atoms with Gasteiger partial charge in [-0.2, -0.15) is 0 Å². The number of nitrogens with one attached hydrogen (secondary N) is 2. The van der Waals surface area contributed by atoms with E-state index >= 15 is 0 Å². The summed E-state index contributed by atoms with van der Waals surface area (Å²) in [6.07, 6.45) is 0. The average molecular weight is 421 g/mol. The molecule has 4 amide bonds. The fourth-order valence-electron chi connectivity index (χ4n) is 2.26. The van der Waals surface area contributed by atoms with Crippen molar-refractivity contribution < 1.29 is 14.4 Å². The summed E-state index contributed by atoms with van der Waals surface area (Å²) < 4.78 is 0.548. The second-order valence-corrected chi connectivity index (χ2v) is 6.46. The van der Waals surface area contributed by atoms with E-state index in [-0.39, 0.29) is 11.6 Å². The Morgan fingerprint density at radius 1 is 1.16 bits per heavy atom. The minimum absolute atomic E-state index is 0.0369. The molecule has 2 N–H and O–H groups in total. The van der Waals surface area contributed by atoms with Crippen molar-refractivity contribution in [3.63, 3.8) is 0 Å². The third-order valence-electron chi connectivity index (χ3n) is 3.52. The third-order valence-corrected chi connectivity index (χ3v) is 4.43. The number of carbonyl (C=O) groups excluding carboxylic acids is 3. The molecule has 1 aliphatic heterocycles. The number of carbonyl (C=O) groups is 3. The predicted octanol–water partition coefficient (Wildman–Crippen LogP) is 3.92. The molecular weight excluding hydrogens is 410 g/mol. The summed E-state index contributed by atoms with van der Waals surface area (Å²) in [5, 5.41) is 5.46. The zero-order valence-electron chi connectivity index (χ0n) is 12.7. The maximum Gasteiger partial charge on any atom is 0.333 e. The molecule has 1 saturated heterocycles. The molecule has 0 aromatic heterocycles. The summed E-state index contributed by atoms with van der Waals surface area (Å²) >= 11 is 9.16. The summed E-state index contributed by atoms with van der Waals surface area (Å²) in [7, 11) is 0.